The van der Waals surface area contributed by atoms with E-state index in [0.717, 1.165) is 5.56 Å². The number of carbonyl (C=O) groups excluding carboxylic acids is 1. The zero-order valence-corrected chi connectivity index (χ0v) is 12.2. The Morgan fingerprint density at radius 2 is 2.14 bits per heavy atom. The van der Waals surface area contributed by atoms with Crippen LogP contribution in [0.1, 0.15) is 18.5 Å². The van der Waals surface area contributed by atoms with Crippen molar-refractivity contribution in [1.82, 2.24) is 4.90 Å². The van der Waals surface area contributed by atoms with Gasteiger partial charge in [0.1, 0.15) is 11.5 Å². The van der Waals surface area contributed by atoms with Gasteiger partial charge < -0.3 is 14.7 Å². The van der Waals surface area contributed by atoms with Crippen LogP contribution in [0, 0.1) is 11.8 Å². The Kier molecular flexibility index (Phi) is 2.72. The van der Waals surface area contributed by atoms with Gasteiger partial charge in [-0.3, -0.25) is 9.59 Å². The Balaban J connectivity index is 1.68. The van der Waals surface area contributed by atoms with Crippen LogP contribution in [-0.2, 0) is 14.3 Å². The van der Waals surface area contributed by atoms with Crippen molar-refractivity contribution in [3.05, 3.63) is 48.0 Å². The molecule has 2 saturated heterocycles. The topological polar surface area (TPSA) is 66.8 Å². The maximum absolute atomic E-state index is 12.8. The molecule has 5 heteroatoms. The van der Waals surface area contributed by atoms with Crippen molar-refractivity contribution >= 4 is 11.9 Å². The van der Waals surface area contributed by atoms with Gasteiger partial charge in [0, 0.05) is 0 Å². The minimum Gasteiger partial charge on any atom is -0.481 e. The molecule has 5 atom stereocenters. The third kappa shape index (κ3) is 1.63. The number of carboxylic acids is 1. The van der Waals surface area contributed by atoms with Crippen molar-refractivity contribution in [2.45, 2.75) is 24.7 Å². The number of likely N-dealkylation sites (tertiary alicyclic amines) is 1. The summed E-state index contributed by atoms with van der Waals surface area (Å²) in [7, 11) is 0. The molecule has 0 aromatic heterocycles. The standard InChI is InChI=1S/C17H17NO4/c1-10(11-5-3-2-4-6-11)18-9-17-8-7-12(22-17)13(16(20)21)14(17)15(18)19/h2-8,10,12-14H,9H2,1H3,(H,20,21)/t10-,12-,13-,14+,17-/m0/s1. The molecule has 1 amide bonds. The van der Waals surface area contributed by atoms with Gasteiger partial charge in [0.15, 0.2) is 0 Å². The van der Waals surface area contributed by atoms with Crippen molar-refractivity contribution in [1.29, 1.82) is 0 Å². The average molecular weight is 299 g/mol. The van der Waals surface area contributed by atoms with Gasteiger partial charge in [-0.2, -0.15) is 0 Å². The second-order valence-corrected chi connectivity index (χ2v) is 6.29. The molecular weight excluding hydrogens is 282 g/mol. The highest BCUT2D eigenvalue weighted by atomic mass is 16.5. The molecule has 114 valence electrons. The fourth-order valence-electron chi connectivity index (χ4n) is 4.05. The summed E-state index contributed by atoms with van der Waals surface area (Å²) in [5.41, 5.74) is 0.283. The first kappa shape index (κ1) is 13.5. The normalized spacial score (nSPS) is 36.7. The molecule has 22 heavy (non-hydrogen) atoms. The van der Waals surface area contributed by atoms with Crippen molar-refractivity contribution in [3.8, 4) is 0 Å². The molecule has 3 aliphatic heterocycles. The molecule has 5 nitrogen and oxygen atoms in total. The molecule has 3 heterocycles. The molecule has 0 unspecified atom stereocenters. The Hall–Kier alpha value is -2.14. The number of fused-ring (bicyclic) bond motifs is 1. The van der Waals surface area contributed by atoms with Crippen molar-refractivity contribution in [2.24, 2.45) is 11.8 Å². The Labute approximate surface area is 128 Å². The molecule has 1 N–H and O–H groups in total. The lowest BCUT2D eigenvalue weighted by Crippen LogP contribution is -2.39. The van der Waals surface area contributed by atoms with Crippen LogP contribution in [-0.4, -0.2) is 40.1 Å². The summed E-state index contributed by atoms with van der Waals surface area (Å²) in [6.45, 7) is 2.39. The molecule has 4 rings (SSSR count). The number of rotatable bonds is 3. The van der Waals surface area contributed by atoms with E-state index in [2.05, 4.69) is 0 Å². The lowest BCUT2D eigenvalue weighted by molar-refractivity contribution is -0.148. The van der Waals surface area contributed by atoms with Gasteiger partial charge in [-0.15, -0.1) is 0 Å². The SMILES string of the molecule is C[C@@H](c1ccccc1)N1C[C@]23C=C[C@H](O2)[C@H](C(=O)O)[C@@H]3C1=O. The summed E-state index contributed by atoms with van der Waals surface area (Å²) >= 11 is 0. The van der Waals surface area contributed by atoms with Gasteiger partial charge in [-0.05, 0) is 12.5 Å². The number of carboxylic acid groups (broad SMARTS) is 1. The number of amides is 1. The monoisotopic (exact) mass is 299 g/mol. The van der Waals surface area contributed by atoms with Crippen LogP contribution in [0.2, 0.25) is 0 Å². The Bertz CT molecular complexity index is 670. The van der Waals surface area contributed by atoms with E-state index in [-0.39, 0.29) is 11.9 Å². The second-order valence-electron chi connectivity index (χ2n) is 6.29. The quantitative estimate of drug-likeness (QED) is 0.861. The first-order chi connectivity index (χ1) is 10.5. The van der Waals surface area contributed by atoms with E-state index in [1.54, 1.807) is 11.0 Å². The number of hydrogen-bond acceptors (Lipinski definition) is 3. The first-order valence-corrected chi connectivity index (χ1v) is 7.49. The van der Waals surface area contributed by atoms with Crippen molar-refractivity contribution in [3.63, 3.8) is 0 Å². The van der Waals surface area contributed by atoms with Gasteiger partial charge in [-0.1, -0.05) is 42.5 Å². The maximum Gasteiger partial charge on any atom is 0.310 e. The highest BCUT2D eigenvalue weighted by molar-refractivity contribution is 5.91. The van der Waals surface area contributed by atoms with Gasteiger partial charge in [0.25, 0.3) is 0 Å². The van der Waals surface area contributed by atoms with E-state index in [9.17, 15) is 14.7 Å². The highest BCUT2D eigenvalue weighted by Crippen LogP contribution is 2.53. The van der Waals surface area contributed by atoms with Crippen LogP contribution in [0.5, 0.6) is 0 Å². The molecular formula is C17H17NO4. The molecule has 2 bridgehead atoms. The van der Waals surface area contributed by atoms with Crippen LogP contribution in [0.25, 0.3) is 0 Å². The molecule has 0 aliphatic carbocycles. The lowest BCUT2D eigenvalue weighted by Gasteiger charge is -2.27. The van der Waals surface area contributed by atoms with Gasteiger partial charge in [0.05, 0.1) is 24.6 Å². The van der Waals surface area contributed by atoms with Gasteiger partial charge >= 0.3 is 5.97 Å². The number of carbonyl (C=O) groups is 2. The molecule has 1 aromatic rings. The maximum atomic E-state index is 12.8. The van der Waals surface area contributed by atoms with Gasteiger partial charge in [-0.25, -0.2) is 0 Å². The fraction of sp³-hybridized carbons (Fsp3) is 0.412. The van der Waals surface area contributed by atoms with Crippen LogP contribution in [0.4, 0.5) is 0 Å². The number of hydrogen-bond donors (Lipinski definition) is 1. The van der Waals surface area contributed by atoms with Gasteiger partial charge in [0.2, 0.25) is 5.91 Å². The third-order valence-electron chi connectivity index (χ3n) is 5.16. The summed E-state index contributed by atoms with van der Waals surface area (Å²) in [6.07, 6.45) is 3.21. The zero-order chi connectivity index (χ0) is 15.5. The Morgan fingerprint density at radius 1 is 1.41 bits per heavy atom. The second kappa shape index (κ2) is 4.43. The molecule has 1 aromatic carbocycles. The molecule has 1 spiro atoms. The first-order valence-electron chi connectivity index (χ1n) is 7.49. The molecule has 3 aliphatic rings. The van der Waals surface area contributed by atoms with E-state index >= 15 is 0 Å². The molecule has 0 radical (unpaired) electrons. The smallest absolute Gasteiger partial charge is 0.310 e. The fourth-order valence-corrected chi connectivity index (χ4v) is 4.05. The summed E-state index contributed by atoms with van der Waals surface area (Å²) in [4.78, 5) is 26.1. The number of benzene rings is 1. The van der Waals surface area contributed by atoms with Crippen LogP contribution >= 0.6 is 0 Å². The number of aliphatic carboxylic acids is 1. The molecule has 2 fully saturated rings. The van der Waals surface area contributed by atoms with Crippen LogP contribution in [0.15, 0.2) is 42.5 Å². The zero-order valence-electron chi connectivity index (χ0n) is 12.2. The van der Waals surface area contributed by atoms with E-state index in [4.69, 9.17) is 4.74 Å². The third-order valence-corrected chi connectivity index (χ3v) is 5.16. The summed E-state index contributed by atoms with van der Waals surface area (Å²) in [5, 5.41) is 9.45. The summed E-state index contributed by atoms with van der Waals surface area (Å²) in [5.74, 6) is -2.45. The highest BCUT2D eigenvalue weighted by Gasteiger charge is 2.67. The Morgan fingerprint density at radius 3 is 2.82 bits per heavy atom. The van der Waals surface area contributed by atoms with Crippen molar-refractivity contribution < 1.29 is 19.4 Å². The van der Waals surface area contributed by atoms with Crippen LogP contribution in [0.3, 0.4) is 0 Å². The summed E-state index contributed by atoms with van der Waals surface area (Å²) in [6, 6.07) is 9.67. The van der Waals surface area contributed by atoms with E-state index < -0.39 is 29.5 Å². The number of ether oxygens (including phenoxy) is 1. The lowest BCUT2D eigenvalue weighted by atomic mass is 9.77. The predicted molar refractivity (Wildman–Crippen MR) is 77.9 cm³/mol. The largest absolute Gasteiger partial charge is 0.481 e. The van der Waals surface area contributed by atoms with E-state index in [1.807, 2.05) is 43.3 Å². The minimum atomic E-state index is -0.955. The molecule has 0 saturated carbocycles. The van der Waals surface area contributed by atoms with Crippen molar-refractivity contribution in [2.75, 3.05) is 6.54 Å². The summed E-state index contributed by atoms with van der Waals surface area (Å²) < 4.78 is 5.89. The number of nitrogens with zero attached hydrogens (tertiary/aromatic N) is 1. The van der Waals surface area contributed by atoms with Crippen LogP contribution < -0.4 is 0 Å². The minimum absolute atomic E-state index is 0.0980. The predicted octanol–water partition coefficient (Wildman–Crippen LogP) is 1.61. The van der Waals surface area contributed by atoms with E-state index in [0.29, 0.717) is 6.54 Å². The average Bonchev–Trinajstić information content (AvgIpc) is 3.15. The van der Waals surface area contributed by atoms with E-state index in [1.165, 1.54) is 0 Å².